The smallest absolute Gasteiger partial charge is 0.0701 e. The molecule has 0 aromatic rings. The topological polar surface area (TPSA) is 70.7 Å². The van der Waals surface area contributed by atoms with E-state index in [1.807, 2.05) is 0 Å². The van der Waals surface area contributed by atoms with Gasteiger partial charge >= 0.3 is 0 Å². The van der Waals surface area contributed by atoms with Crippen LogP contribution in [0.3, 0.4) is 0 Å². The van der Waals surface area contributed by atoms with E-state index in [-0.39, 0.29) is 0 Å². The molecule has 0 spiro atoms. The Balaban J connectivity index is 1.96. The highest BCUT2D eigenvalue weighted by Crippen LogP contribution is 2.20. The van der Waals surface area contributed by atoms with Crippen molar-refractivity contribution in [2.45, 2.75) is 59.3 Å². The van der Waals surface area contributed by atoms with E-state index in [1.165, 1.54) is 30.4 Å². The number of unbranched alkanes of at least 4 members (excludes halogenated alkanes) is 2. The van der Waals surface area contributed by atoms with Gasteiger partial charge in [-0.05, 0) is 44.4 Å². The highest BCUT2D eigenvalue weighted by Gasteiger charge is 2.11. The molecule has 0 amide bonds. The van der Waals surface area contributed by atoms with Gasteiger partial charge in [0.1, 0.15) is 0 Å². The Morgan fingerprint density at radius 1 is 0.725 bits per heavy atom. The minimum atomic E-state index is 0.581. The molecule has 0 unspecified atom stereocenters. The summed E-state index contributed by atoms with van der Waals surface area (Å²) in [4.78, 5) is 2.40. The zero-order valence-corrected chi connectivity index (χ0v) is 25.9. The third kappa shape index (κ3) is 24.5. The molecular formula is C32H59N2O6. The number of ether oxygens (including phenoxy) is 6. The van der Waals surface area contributed by atoms with Crippen LogP contribution in [-0.4, -0.2) is 110 Å². The van der Waals surface area contributed by atoms with Crippen LogP contribution in [0.15, 0.2) is 35.6 Å². The third-order valence-electron chi connectivity index (χ3n) is 6.32. The van der Waals surface area contributed by atoms with Crippen LogP contribution in [0.1, 0.15) is 59.3 Å². The van der Waals surface area contributed by atoms with E-state index >= 15 is 0 Å². The lowest BCUT2D eigenvalue weighted by molar-refractivity contribution is 0.00300. The minimum absolute atomic E-state index is 0.581. The number of nitrogens with zero attached hydrogens (tertiary/aromatic N) is 1. The summed E-state index contributed by atoms with van der Waals surface area (Å²) in [6.45, 7) is 21.7. The maximum Gasteiger partial charge on any atom is 0.0701 e. The summed E-state index contributed by atoms with van der Waals surface area (Å²) < 4.78 is 33.8. The van der Waals surface area contributed by atoms with Crippen molar-refractivity contribution in [1.29, 1.82) is 0 Å². The molecule has 0 aromatic heterocycles. The molecule has 0 saturated heterocycles. The van der Waals surface area contributed by atoms with Gasteiger partial charge in [-0.2, -0.15) is 0 Å². The van der Waals surface area contributed by atoms with Crippen molar-refractivity contribution >= 4 is 0 Å². The van der Waals surface area contributed by atoms with Gasteiger partial charge in [0.05, 0.1) is 72.7 Å². The van der Waals surface area contributed by atoms with Gasteiger partial charge in [0.15, 0.2) is 0 Å². The monoisotopic (exact) mass is 567 g/mol. The average molecular weight is 568 g/mol. The first-order valence-electron chi connectivity index (χ1n) is 15.5. The van der Waals surface area contributed by atoms with E-state index in [9.17, 15) is 0 Å². The Bertz CT molecular complexity index is 655. The maximum atomic E-state index is 5.80. The summed E-state index contributed by atoms with van der Waals surface area (Å²) in [6.07, 6.45) is 13.4. The SMILES string of the molecule is C=C(C)/C(=C\NCCOCCOCCOCCN(CCOCCOCCOCCC)CCC1=C[CH]1)CCCCC. The third-order valence-corrected chi connectivity index (χ3v) is 6.32. The summed E-state index contributed by atoms with van der Waals surface area (Å²) >= 11 is 0. The number of nitrogens with one attached hydrogen (secondary N) is 1. The van der Waals surface area contributed by atoms with E-state index < -0.39 is 0 Å². The van der Waals surface area contributed by atoms with E-state index in [0.29, 0.717) is 72.7 Å². The van der Waals surface area contributed by atoms with E-state index in [1.54, 1.807) is 0 Å². The molecule has 8 nitrogen and oxygen atoms in total. The second-order valence-electron chi connectivity index (χ2n) is 10.0. The molecule has 233 valence electrons. The molecular weight excluding hydrogens is 508 g/mol. The van der Waals surface area contributed by atoms with E-state index in [2.05, 4.69) is 56.3 Å². The quantitative estimate of drug-likeness (QED) is 0.0904. The van der Waals surface area contributed by atoms with E-state index in [4.69, 9.17) is 28.4 Å². The first kappa shape index (κ1) is 36.8. The van der Waals surface area contributed by atoms with Crippen LogP contribution in [0.25, 0.3) is 0 Å². The molecule has 0 aromatic carbocycles. The van der Waals surface area contributed by atoms with Gasteiger partial charge in [0.2, 0.25) is 0 Å². The van der Waals surface area contributed by atoms with Crippen LogP contribution in [0.4, 0.5) is 0 Å². The molecule has 1 aliphatic carbocycles. The second kappa shape index (κ2) is 27.9. The molecule has 1 aliphatic rings. The molecule has 40 heavy (non-hydrogen) atoms. The molecule has 0 atom stereocenters. The minimum Gasteiger partial charge on any atom is -0.388 e. The Morgan fingerprint density at radius 3 is 1.75 bits per heavy atom. The predicted molar refractivity (Wildman–Crippen MR) is 164 cm³/mol. The summed E-state index contributed by atoms with van der Waals surface area (Å²) in [5, 5.41) is 3.34. The molecule has 8 heteroatoms. The average Bonchev–Trinajstić information content (AvgIpc) is 3.78. The van der Waals surface area contributed by atoms with Crippen molar-refractivity contribution in [1.82, 2.24) is 10.2 Å². The molecule has 0 fully saturated rings. The maximum absolute atomic E-state index is 5.80. The summed E-state index contributed by atoms with van der Waals surface area (Å²) in [6, 6.07) is 0. The lowest BCUT2D eigenvalue weighted by atomic mass is 10.0. The first-order valence-corrected chi connectivity index (χ1v) is 15.5. The van der Waals surface area contributed by atoms with Crippen LogP contribution in [-0.2, 0) is 28.4 Å². The lowest BCUT2D eigenvalue weighted by Crippen LogP contribution is -2.32. The molecule has 1 N–H and O–H groups in total. The Labute approximate surface area is 245 Å². The number of allylic oxidation sites excluding steroid dienone is 3. The largest absolute Gasteiger partial charge is 0.388 e. The molecule has 0 bridgehead atoms. The lowest BCUT2D eigenvalue weighted by Gasteiger charge is -2.22. The van der Waals surface area contributed by atoms with Crippen LogP contribution >= 0.6 is 0 Å². The Hall–Kier alpha value is -1.26. The van der Waals surface area contributed by atoms with Crippen molar-refractivity contribution in [3.63, 3.8) is 0 Å². The zero-order valence-electron chi connectivity index (χ0n) is 25.9. The fourth-order valence-electron chi connectivity index (χ4n) is 3.76. The highest BCUT2D eigenvalue weighted by atomic mass is 16.5. The Kier molecular flexibility index (Phi) is 25.6. The van der Waals surface area contributed by atoms with Gasteiger partial charge in [-0.3, -0.25) is 4.90 Å². The van der Waals surface area contributed by atoms with Gasteiger partial charge in [-0.15, -0.1) is 0 Å². The van der Waals surface area contributed by atoms with Crippen molar-refractivity contribution in [2.24, 2.45) is 0 Å². The molecule has 0 saturated carbocycles. The van der Waals surface area contributed by atoms with Crippen LogP contribution in [0.5, 0.6) is 0 Å². The van der Waals surface area contributed by atoms with Crippen molar-refractivity contribution in [3.05, 3.63) is 42.0 Å². The fraction of sp³-hybridized carbons (Fsp3) is 0.781. The number of hydrogen-bond acceptors (Lipinski definition) is 8. The first-order chi connectivity index (χ1) is 19.7. The molecule has 1 radical (unpaired) electrons. The molecule has 0 aliphatic heterocycles. The molecule has 1 rings (SSSR count). The summed E-state index contributed by atoms with van der Waals surface area (Å²) in [7, 11) is 0. The highest BCUT2D eigenvalue weighted by molar-refractivity contribution is 5.38. The van der Waals surface area contributed by atoms with Crippen LogP contribution in [0, 0.1) is 6.42 Å². The van der Waals surface area contributed by atoms with Gasteiger partial charge in [-0.1, -0.05) is 50.5 Å². The normalized spacial score (nSPS) is 13.2. The molecule has 0 heterocycles. The standard InChI is InChI=1S/C32H59N2O6/c1-5-7-8-9-32(30(3)4)29-33-13-18-36-22-26-40-28-24-38-20-16-34(14-12-31-10-11-31)15-19-37-23-27-39-25-21-35-17-6-2/h10-11,29,33H,3,5-9,12-28H2,1-2,4H3/b32-29-. The van der Waals surface area contributed by atoms with Crippen molar-refractivity contribution < 1.29 is 28.4 Å². The summed E-state index contributed by atoms with van der Waals surface area (Å²) in [5.74, 6) is 0. The van der Waals surface area contributed by atoms with Crippen LogP contribution < -0.4 is 5.32 Å². The Morgan fingerprint density at radius 2 is 1.25 bits per heavy atom. The number of hydrogen-bond donors (Lipinski definition) is 1. The zero-order chi connectivity index (χ0) is 28.9. The van der Waals surface area contributed by atoms with Crippen molar-refractivity contribution in [3.8, 4) is 0 Å². The second-order valence-corrected chi connectivity index (χ2v) is 10.0. The number of rotatable bonds is 32. The van der Waals surface area contributed by atoms with Crippen LogP contribution in [0.2, 0.25) is 0 Å². The van der Waals surface area contributed by atoms with Gasteiger partial charge in [0, 0.05) is 39.2 Å². The van der Waals surface area contributed by atoms with Gasteiger partial charge in [-0.25, -0.2) is 0 Å². The summed E-state index contributed by atoms with van der Waals surface area (Å²) in [5.41, 5.74) is 3.88. The van der Waals surface area contributed by atoms with Gasteiger partial charge < -0.3 is 33.7 Å². The fourth-order valence-corrected chi connectivity index (χ4v) is 3.76. The van der Waals surface area contributed by atoms with Crippen molar-refractivity contribution in [2.75, 3.05) is 105 Å². The predicted octanol–water partition coefficient (Wildman–Crippen LogP) is 4.96. The van der Waals surface area contributed by atoms with E-state index in [0.717, 1.165) is 57.6 Å². The van der Waals surface area contributed by atoms with Gasteiger partial charge in [0.25, 0.3) is 0 Å².